The molecule has 0 aromatic rings. The number of phosphoric ester groups is 1. The third-order valence-corrected chi connectivity index (χ3v) is 10.2. The first kappa shape index (κ1) is 45.2. The molecule has 0 aromatic heterocycles. The van der Waals surface area contributed by atoms with Crippen LogP contribution in [0.4, 0.5) is 0 Å². The first-order valence-electron chi connectivity index (χ1n) is 19.6. The van der Waals surface area contributed by atoms with Crippen LogP contribution in [0.5, 0.6) is 0 Å². The molecule has 284 valence electrons. The van der Waals surface area contributed by atoms with Crippen LogP contribution in [0.2, 0.25) is 0 Å². The number of unbranched alkanes of at least 4 members (excludes halogenated alkanes) is 16. The summed E-state index contributed by atoms with van der Waals surface area (Å²) in [5.41, 5.74) is 0. The van der Waals surface area contributed by atoms with E-state index in [2.05, 4.69) is 21.1 Å². The van der Waals surface area contributed by atoms with Crippen molar-refractivity contribution in [2.24, 2.45) is 5.92 Å². The van der Waals surface area contributed by atoms with Gasteiger partial charge in [0.1, 0.15) is 18.3 Å². The Morgan fingerprint density at radius 1 is 0.688 bits per heavy atom. The highest BCUT2D eigenvalue weighted by Gasteiger charge is 2.20. The van der Waals surface area contributed by atoms with Crippen LogP contribution >= 0.6 is 7.82 Å². The summed E-state index contributed by atoms with van der Waals surface area (Å²) in [4.78, 5) is 35.7. The lowest BCUT2D eigenvalue weighted by molar-refractivity contribution is -0.870. The zero-order chi connectivity index (χ0) is 35.4. The summed E-state index contributed by atoms with van der Waals surface area (Å²) in [7, 11) is 2.11. The van der Waals surface area contributed by atoms with Crippen molar-refractivity contribution in [3.63, 3.8) is 0 Å². The average molecular weight is 704 g/mol. The van der Waals surface area contributed by atoms with Crippen molar-refractivity contribution in [1.82, 2.24) is 0 Å². The number of hydrogen-bond donors (Lipinski definition) is 0. The number of esters is 1. The third-order valence-electron chi connectivity index (χ3n) is 9.26. The summed E-state index contributed by atoms with van der Waals surface area (Å²) < 4.78 is 34.4. The van der Waals surface area contributed by atoms with Gasteiger partial charge < -0.3 is 27.9 Å². The van der Waals surface area contributed by atoms with Gasteiger partial charge in [0.05, 0.1) is 47.5 Å². The second-order valence-electron chi connectivity index (χ2n) is 15.3. The van der Waals surface area contributed by atoms with Crippen molar-refractivity contribution < 1.29 is 42.1 Å². The van der Waals surface area contributed by atoms with Gasteiger partial charge >= 0.3 is 5.97 Å². The van der Waals surface area contributed by atoms with Crippen LogP contribution < -0.4 is 4.89 Å². The molecule has 1 aliphatic rings. The molecule has 2 atom stereocenters. The molecule has 0 N–H and O–H groups in total. The molecule has 0 heterocycles. The second-order valence-corrected chi connectivity index (χ2v) is 16.7. The molecule has 0 amide bonds. The summed E-state index contributed by atoms with van der Waals surface area (Å²) in [6, 6.07) is 0. The van der Waals surface area contributed by atoms with Crippen molar-refractivity contribution >= 4 is 19.6 Å². The molecule has 2 unspecified atom stereocenters. The van der Waals surface area contributed by atoms with Gasteiger partial charge in [0.2, 0.25) is 0 Å². The molecule has 1 aliphatic carbocycles. The molecular weight excluding hydrogens is 629 g/mol. The van der Waals surface area contributed by atoms with Crippen LogP contribution in [-0.4, -0.2) is 76.5 Å². The SMILES string of the molecule is CC(=O)CC(=O)OC(COCCCCCCCCCCCCC1CCCCC1)COP(=O)([O-])OCCCCCCCCCC[N+](C)(C)C. The predicted molar refractivity (Wildman–Crippen MR) is 193 cm³/mol. The van der Waals surface area contributed by atoms with E-state index in [0.29, 0.717) is 13.0 Å². The van der Waals surface area contributed by atoms with Gasteiger partial charge in [0.15, 0.2) is 0 Å². The fourth-order valence-electron chi connectivity index (χ4n) is 6.43. The Morgan fingerprint density at radius 3 is 1.73 bits per heavy atom. The van der Waals surface area contributed by atoms with Gasteiger partial charge in [0.25, 0.3) is 7.82 Å². The van der Waals surface area contributed by atoms with E-state index in [1.165, 1.54) is 129 Å². The quantitative estimate of drug-likeness (QED) is 0.0219. The minimum absolute atomic E-state index is 0.000273. The van der Waals surface area contributed by atoms with Crippen LogP contribution in [0, 0.1) is 5.92 Å². The summed E-state index contributed by atoms with van der Waals surface area (Å²) in [6.07, 6.45) is 28.6. The lowest BCUT2D eigenvalue weighted by Crippen LogP contribution is -2.35. The fraction of sp³-hybridized carbons (Fsp3) is 0.947. The number of carbonyl (C=O) groups excluding carboxylic acids is 2. The monoisotopic (exact) mass is 704 g/mol. The second kappa shape index (κ2) is 28.8. The van der Waals surface area contributed by atoms with Crippen molar-refractivity contribution in [2.75, 3.05) is 54.1 Å². The van der Waals surface area contributed by atoms with E-state index in [1.54, 1.807) is 0 Å². The number of ketones is 1. The number of nitrogens with zero attached hydrogens (tertiary/aromatic N) is 1. The van der Waals surface area contributed by atoms with E-state index in [1.807, 2.05) is 0 Å². The van der Waals surface area contributed by atoms with E-state index in [0.717, 1.165) is 42.5 Å². The molecule has 1 saturated carbocycles. The minimum atomic E-state index is -4.55. The first-order valence-corrected chi connectivity index (χ1v) is 21.1. The molecule has 0 aromatic carbocycles. The molecule has 0 saturated heterocycles. The van der Waals surface area contributed by atoms with E-state index in [9.17, 15) is 19.0 Å². The molecule has 9 nitrogen and oxygen atoms in total. The van der Waals surface area contributed by atoms with Crippen molar-refractivity contribution in [2.45, 2.75) is 174 Å². The predicted octanol–water partition coefficient (Wildman–Crippen LogP) is 9.09. The maximum absolute atomic E-state index is 12.3. The standard InChI is InChI=1S/C38H74NO8P/c1-35(40)32-38(41)47-37(34-46-48(42,43)45-31-25-18-14-10-8-12-16-23-29-39(2,3)4)33-44-30-24-17-13-9-6-5-7-11-15-20-26-36-27-21-19-22-28-36/h36-37H,5-34H2,1-4H3. The topological polar surface area (TPSA) is 111 Å². The van der Waals surface area contributed by atoms with Crippen molar-refractivity contribution in [3.8, 4) is 0 Å². The highest BCUT2D eigenvalue weighted by molar-refractivity contribution is 7.45. The minimum Gasteiger partial charge on any atom is -0.756 e. The van der Waals surface area contributed by atoms with Crippen LogP contribution in [-0.2, 0) is 32.7 Å². The van der Waals surface area contributed by atoms with E-state index >= 15 is 0 Å². The molecule has 0 aliphatic heterocycles. The van der Waals surface area contributed by atoms with Gasteiger partial charge in [-0.3, -0.25) is 14.2 Å². The van der Waals surface area contributed by atoms with Gasteiger partial charge in [-0.1, -0.05) is 128 Å². The number of rotatable bonds is 33. The van der Waals surface area contributed by atoms with Crippen LogP contribution in [0.1, 0.15) is 167 Å². The van der Waals surface area contributed by atoms with Gasteiger partial charge in [0, 0.05) is 6.61 Å². The summed E-state index contributed by atoms with van der Waals surface area (Å²) in [5.74, 6) is -0.0378. The van der Waals surface area contributed by atoms with Crippen LogP contribution in [0.3, 0.4) is 0 Å². The number of phosphoric acid groups is 1. The Bertz CT molecular complexity index is 843. The summed E-state index contributed by atoms with van der Waals surface area (Å²) >= 11 is 0. The van der Waals surface area contributed by atoms with Gasteiger partial charge in [-0.15, -0.1) is 0 Å². The maximum Gasteiger partial charge on any atom is 0.313 e. The zero-order valence-corrected chi connectivity index (χ0v) is 32.4. The molecule has 1 rings (SSSR count). The molecule has 10 heteroatoms. The lowest BCUT2D eigenvalue weighted by atomic mass is 9.85. The Morgan fingerprint density at radius 2 is 1.19 bits per heavy atom. The normalized spacial score (nSPS) is 16.1. The fourth-order valence-corrected chi connectivity index (χ4v) is 7.20. The van der Waals surface area contributed by atoms with Gasteiger partial charge in [-0.2, -0.15) is 0 Å². The smallest absolute Gasteiger partial charge is 0.313 e. The van der Waals surface area contributed by atoms with Crippen molar-refractivity contribution in [3.05, 3.63) is 0 Å². The lowest BCUT2D eigenvalue weighted by Gasteiger charge is -2.25. The highest BCUT2D eigenvalue weighted by Crippen LogP contribution is 2.38. The Balaban J connectivity index is 2.10. The number of Topliss-reactive ketones (excluding diaryl/α,β-unsaturated/α-hetero) is 1. The molecule has 0 spiro atoms. The van der Waals surface area contributed by atoms with Gasteiger partial charge in [-0.25, -0.2) is 0 Å². The third kappa shape index (κ3) is 30.0. The summed E-state index contributed by atoms with van der Waals surface area (Å²) in [6.45, 7) is 2.65. The first-order chi connectivity index (χ1) is 23.0. The average Bonchev–Trinajstić information content (AvgIpc) is 3.02. The highest BCUT2D eigenvalue weighted by atomic mass is 31.2. The van der Waals surface area contributed by atoms with Crippen LogP contribution in [0.25, 0.3) is 0 Å². The van der Waals surface area contributed by atoms with E-state index < -0.39 is 26.5 Å². The molecule has 48 heavy (non-hydrogen) atoms. The largest absolute Gasteiger partial charge is 0.756 e. The molecule has 1 fully saturated rings. The Labute approximate surface area is 294 Å². The zero-order valence-electron chi connectivity index (χ0n) is 31.5. The van der Waals surface area contributed by atoms with Crippen LogP contribution in [0.15, 0.2) is 0 Å². The van der Waals surface area contributed by atoms with E-state index in [-0.39, 0.29) is 25.4 Å². The molecule has 0 radical (unpaired) electrons. The van der Waals surface area contributed by atoms with Gasteiger partial charge in [-0.05, 0) is 38.5 Å². The van der Waals surface area contributed by atoms with E-state index in [4.69, 9.17) is 18.5 Å². The number of ether oxygens (including phenoxy) is 2. The Kier molecular flexibility index (Phi) is 27.1. The summed E-state index contributed by atoms with van der Waals surface area (Å²) in [5, 5.41) is 0. The maximum atomic E-state index is 12.3. The number of carbonyl (C=O) groups is 2. The Hall–Kier alpha value is -0.830. The number of quaternary nitrogens is 1. The number of hydrogen-bond acceptors (Lipinski definition) is 8. The van der Waals surface area contributed by atoms with Crippen molar-refractivity contribution in [1.29, 1.82) is 0 Å². The molecular formula is C38H74NO8P. The molecule has 0 bridgehead atoms.